The molecule has 2 aliphatic rings. The van der Waals surface area contributed by atoms with Crippen LogP contribution in [0.4, 0.5) is 10.5 Å². The first kappa shape index (κ1) is 17.8. The van der Waals surface area contributed by atoms with Gasteiger partial charge in [0, 0.05) is 31.1 Å². The van der Waals surface area contributed by atoms with E-state index in [1.807, 2.05) is 0 Å². The average Bonchev–Trinajstić information content (AvgIpc) is 3.51. The molecule has 2 aromatic rings. The van der Waals surface area contributed by atoms with Crippen LogP contribution in [0.25, 0.3) is 0 Å². The summed E-state index contributed by atoms with van der Waals surface area (Å²) in [6.45, 7) is -13.1. The van der Waals surface area contributed by atoms with Gasteiger partial charge in [-0.2, -0.15) is 4.31 Å². The van der Waals surface area contributed by atoms with Crippen LogP contribution >= 0.6 is 0 Å². The van der Waals surface area contributed by atoms with E-state index in [0.29, 0.717) is 12.0 Å². The molecule has 2 saturated heterocycles. The highest BCUT2D eigenvalue weighted by Gasteiger charge is 2.44. The number of ether oxygens (including phenoxy) is 3. The number of fused-ring (bicyclic) bond motifs is 1. The monoisotopic (exact) mass is 557 g/mol. The Morgan fingerprint density at radius 2 is 2.03 bits per heavy atom. The van der Waals surface area contributed by atoms with Crippen molar-refractivity contribution < 1.29 is 46.2 Å². The zero-order valence-corrected chi connectivity index (χ0v) is 21.2. The van der Waals surface area contributed by atoms with E-state index < -0.39 is 84.1 Å². The van der Waals surface area contributed by atoms with Crippen LogP contribution in [0.2, 0.25) is 0 Å². The fourth-order valence-corrected chi connectivity index (χ4v) is 5.56. The van der Waals surface area contributed by atoms with Crippen molar-refractivity contribution in [2.45, 2.75) is 56.0 Å². The molecule has 0 aromatic heterocycles. The van der Waals surface area contributed by atoms with Gasteiger partial charge in [0.1, 0.15) is 6.10 Å². The van der Waals surface area contributed by atoms with Crippen molar-refractivity contribution in [3.8, 4) is 0 Å². The third kappa shape index (κ3) is 7.03. The number of amides is 1. The number of aliphatic hydroxyl groups is 1. The van der Waals surface area contributed by atoms with E-state index in [-0.39, 0.29) is 29.6 Å². The summed E-state index contributed by atoms with van der Waals surface area (Å²) in [7, 11) is -5.22. The highest BCUT2D eigenvalue weighted by Crippen LogP contribution is 2.33. The number of alkyl carbamates (subject to hydrolysis) is 1. The van der Waals surface area contributed by atoms with Crippen LogP contribution in [-0.4, -0.2) is 74.7 Å². The minimum Gasteiger partial charge on any atom is -0.443 e. The van der Waals surface area contributed by atoms with Gasteiger partial charge < -0.3 is 30.4 Å². The Hall–Kier alpha value is -2.70. The number of nitrogens with zero attached hydrogens (tertiary/aromatic N) is 1. The Morgan fingerprint density at radius 1 is 1.29 bits per heavy atom. The Labute approximate surface area is 238 Å². The topological polar surface area (TPSA) is 140 Å². The molecule has 2 heterocycles. The molecule has 4 N–H and O–H groups in total. The SMILES string of the molecule is [2H]C([2H])([2H])C([2H])(C([2H])([2H])[2H])C([2H])([2H])N(C[C@@H](O)[C@H](Cc1ccccc1)NC(=O)O[C@H]1CO[C@@]2([2H])OCC[C@@H]12)S(=O)(=O)c1ccc(N)cc1. The molecule has 11 heteroatoms. The number of nitrogens with two attached hydrogens (primary N) is 1. The number of nitrogen functional groups attached to an aromatic ring is 1. The third-order valence-electron chi connectivity index (χ3n) is 6.20. The molecule has 0 radical (unpaired) electrons. The molecule has 0 aliphatic carbocycles. The van der Waals surface area contributed by atoms with E-state index in [4.69, 9.17) is 33.7 Å². The molecule has 0 saturated carbocycles. The van der Waals surface area contributed by atoms with Crippen molar-refractivity contribution in [3.63, 3.8) is 0 Å². The molecule has 1 amide bonds. The number of rotatable bonds is 11. The van der Waals surface area contributed by atoms with Gasteiger partial charge in [-0.25, -0.2) is 13.2 Å². The molecule has 5 atom stereocenters. The van der Waals surface area contributed by atoms with E-state index >= 15 is 0 Å². The maximum Gasteiger partial charge on any atom is 0.407 e. The van der Waals surface area contributed by atoms with Crippen LogP contribution in [0.3, 0.4) is 0 Å². The number of hydrogen-bond donors (Lipinski definition) is 3. The lowest BCUT2D eigenvalue weighted by Crippen LogP contribution is -2.51. The van der Waals surface area contributed by atoms with Gasteiger partial charge in [0.25, 0.3) is 0 Å². The normalized spacial score (nSPS) is 29.9. The second-order valence-electron chi connectivity index (χ2n) is 8.92. The molecule has 4 rings (SSSR count). The number of aliphatic hydroxyl groups excluding tert-OH is 1. The zero-order chi connectivity index (χ0) is 35.9. The number of nitrogens with one attached hydrogen (secondary N) is 1. The van der Waals surface area contributed by atoms with Gasteiger partial charge in [0.05, 0.1) is 37.5 Å². The lowest BCUT2D eigenvalue weighted by molar-refractivity contribution is -0.0907. The second-order valence-corrected chi connectivity index (χ2v) is 10.8. The van der Waals surface area contributed by atoms with Gasteiger partial charge in [0.2, 0.25) is 10.0 Å². The molecule has 0 bridgehead atoms. The number of carbonyl (C=O) groups is 1. The van der Waals surface area contributed by atoms with Gasteiger partial charge >= 0.3 is 6.09 Å². The minimum atomic E-state index is -5.22. The van der Waals surface area contributed by atoms with Crippen molar-refractivity contribution in [2.75, 3.05) is 32.0 Å². The molecule has 10 nitrogen and oxygen atoms in total. The van der Waals surface area contributed by atoms with Crippen LogP contribution in [0.1, 0.15) is 39.4 Å². The molecular weight excluding hydrogens is 510 g/mol. The Balaban J connectivity index is 1.73. The Kier molecular flexibility index (Phi) is 5.83. The summed E-state index contributed by atoms with van der Waals surface area (Å²) in [4.78, 5) is 12.5. The molecule has 38 heavy (non-hydrogen) atoms. The molecule has 2 aliphatic heterocycles. The van der Waals surface area contributed by atoms with Gasteiger partial charge in [0.15, 0.2) is 6.27 Å². The number of carbonyl (C=O) groups excluding carboxylic acids is 1. The van der Waals surface area contributed by atoms with Crippen LogP contribution in [-0.2, 0) is 30.7 Å². The number of sulfonamides is 1. The number of benzene rings is 2. The molecule has 0 spiro atoms. The van der Waals surface area contributed by atoms with E-state index in [1.165, 1.54) is 0 Å². The summed E-state index contributed by atoms with van der Waals surface area (Å²) in [6, 6.07) is 11.1. The first-order chi connectivity index (χ1) is 22.0. The maximum absolute atomic E-state index is 14.0. The molecule has 2 aromatic carbocycles. The quantitative estimate of drug-likeness (QED) is 0.358. The Bertz CT molecular complexity index is 1530. The predicted octanol–water partition coefficient (Wildman–Crippen LogP) is 2.38. The maximum atomic E-state index is 14.0. The van der Waals surface area contributed by atoms with E-state index in [9.17, 15) is 18.3 Å². The highest BCUT2D eigenvalue weighted by atomic mass is 32.2. The summed E-state index contributed by atoms with van der Waals surface area (Å²) in [6.07, 6.45) is -5.55. The summed E-state index contributed by atoms with van der Waals surface area (Å²) in [5, 5.41) is 14.0. The van der Waals surface area contributed by atoms with Gasteiger partial charge in [-0.3, -0.25) is 0 Å². The summed E-state index contributed by atoms with van der Waals surface area (Å²) >= 11 is 0. The van der Waals surface area contributed by atoms with Crippen LogP contribution in [0.5, 0.6) is 0 Å². The van der Waals surface area contributed by atoms with E-state index in [1.54, 1.807) is 30.3 Å². The number of hydrogen-bond acceptors (Lipinski definition) is 8. The summed E-state index contributed by atoms with van der Waals surface area (Å²) in [5.74, 6) is -4.68. The van der Waals surface area contributed by atoms with Crippen LogP contribution in [0, 0.1) is 11.8 Å². The standard InChI is InChI=1S/C27H37N3O7S/c1-18(2)15-30(38(33,34)21-10-8-20(28)9-11-21)16-24(31)23(14-19-6-4-3-5-7-19)29-27(32)37-25-17-36-26-22(25)12-13-35-26/h3-11,18,22-26,31H,12-17,28H2,1-2H3,(H,29,32)/t22-,23-,24+,25-,26+/m0/s1/i1D3,2D3,15D2,18D,26D. The third-order valence-corrected chi connectivity index (χ3v) is 7.89. The van der Waals surface area contributed by atoms with Gasteiger partial charge in [-0.1, -0.05) is 44.0 Å². The molecule has 208 valence electrons. The van der Waals surface area contributed by atoms with Crippen molar-refractivity contribution in [3.05, 3.63) is 60.2 Å². The minimum absolute atomic E-state index is 0.119. The molecule has 2 fully saturated rings. The van der Waals surface area contributed by atoms with Crippen LogP contribution in [0.15, 0.2) is 59.5 Å². The van der Waals surface area contributed by atoms with E-state index in [2.05, 4.69) is 5.32 Å². The second kappa shape index (κ2) is 12.4. The lowest BCUT2D eigenvalue weighted by atomic mass is 10.0. The van der Waals surface area contributed by atoms with Gasteiger partial charge in [-0.05, 0) is 48.6 Å². The van der Waals surface area contributed by atoms with Crippen molar-refractivity contribution in [2.24, 2.45) is 11.8 Å². The van der Waals surface area contributed by atoms with Crippen molar-refractivity contribution in [1.82, 2.24) is 9.62 Å². The summed E-state index contributed by atoms with van der Waals surface area (Å²) < 4.78 is 125. The van der Waals surface area contributed by atoms with Crippen molar-refractivity contribution >= 4 is 21.8 Å². The largest absolute Gasteiger partial charge is 0.443 e. The fraction of sp³-hybridized carbons (Fsp3) is 0.519. The van der Waals surface area contributed by atoms with E-state index in [0.717, 1.165) is 24.3 Å². The molecule has 0 unspecified atom stereocenters. The lowest BCUT2D eigenvalue weighted by Gasteiger charge is -2.31. The number of anilines is 1. The van der Waals surface area contributed by atoms with Crippen molar-refractivity contribution in [1.29, 1.82) is 0 Å². The van der Waals surface area contributed by atoms with Crippen LogP contribution < -0.4 is 11.1 Å². The first-order valence-corrected chi connectivity index (χ1v) is 13.3. The first-order valence-electron chi connectivity index (χ1n) is 16.9. The van der Waals surface area contributed by atoms with Gasteiger partial charge in [-0.15, -0.1) is 0 Å². The molecular formula is C27H37N3O7S. The average molecular weight is 558 g/mol. The zero-order valence-electron chi connectivity index (χ0n) is 30.4. The highest BCUT2D eigenvalue weighted by molar-refractivity contribution is 7.89. The Morgan fingerprint density at radius 3 is 2.74 bits per heavy atom. The fourth-order valence-electron chi connectivity index (χ4n) is 4.26. The summed E-state index contributed by atoms with van der Waals surface area (Å²) in [5.41, 5.74) is 6.31. The predicted molar refractivity (Wildman–Crippen MR) is 142 cm³/mol. The smallest absolute Gasteiger partial charge is 0.407 e.